The first-order chi connectivity index (χ1) is 15.7. The number of piperidine rings is 1. The van der Waals surface area contributed by atoms with Crippen LogP contribution in [0.25, 0.3) is 22.0 Å². The summed E-state index contributed by atoms with van der Waals surface area (Å²) in [5.74, 6) is 0.460. The van der Waals surface area contributed by atoms with E-state index in [2.05, 4.69) is 40.6 Å². The summed E-state index contributed by atoms with van der Waals surface area (Å²) in [5.41, 5.74) is 1.85. The Bertz CT molecular complexity index is 1130. The summed E-state index contributed by atoms with van der Waals surface area (Å²) >= 11 is 0. The van der Waals surface area contributed by atoms with Crippen molar-refractivity contribution in [2.24, 2.45) is 5.92 Å². The zero-order valence-electron chi connectivity index (χ0n) is 18.2. The molecule has 0 atom stereocenters. The van der Waals surface area contributed by atoms with Crippen molar-refractivity contribution in [1.29, 1.82) is 0 Å². The van der Waals surface area contributed by atoms with Gasteiger partial charge in [0.25, 0.3) is 0 Å². The number of aromatic nitrogens is 1. The third kappa shape index (κ3) is 4.31. The van der Waals surface area contributed by atoms with Gasteiger partial charge in [-0.05, 0) is 54.7 Å². The fourth-order valence-electron chi connectivity index (χ4n) is 4.68. The molecule has 2 saturated heterocycles. The molecule has 164 valence electrons. The minimum absolute atomic E-state index is 0.0126. The predicted octanol–water partition coefficient (Wildman–Crippen LogP) is 4.77. The number of nitrogens with one attached hydrogen (secondary N) is 1. The number of carbonyl (C=O) groups is 2. The van der Waals surface area contributed by atoms with Crippen molar-refractivity contribution >= 4 is 28.5 Å². The van der Waals surface area contributed by atoms with E-state index < -0.39 is 0 Å². The zero-order valence-corrected chi connectivity index (χ0v) is 18.2. The molecule has 6 heteroatoms. The molecule has 0 radical (unpaired) electrons. The van der Waals surface area contributed by atoms with Crippen LogP contribution in [0, 0.1) is 5.92 Å². The Kier molecular flexibility index (Phi) is 5.75. The summed E-state index contributed by atoms with van der Waals surface area (Å²) in [5, 5.41) is 5.35. The lowest BCUT2D eigenvalue weighted by atomic mass is 9.96. The van der Waals surface area contributed by atoms with Gasteiger partial charge in [0.1, 0.15) is 5.82 Å². The first kappa shape index (κ1) is 20.5. The summed E-state index contributed by atoms with van der Waals surface area (Å²) in [6.07, 6.45) is 3.57. The van der Waals surface area contributed by atoms with Gasteiger partial charge in [-0.3, -0.25) is 4.79 Å². The van der Waals surface area contributed by atoms with Gasteiger partial charge in [0.15, 0.2) is 0 Å². The van der Waals surface area contributed by atoms with Crippen LogP contribution in [0.5, 0.6) is 0 Å². The van der Waals surface area contributed by atoms with E-state index in [1.54, 1.807) is 0 Å². The molecule has 2 aliphatic heterocycles. The van der Waals surface area contributed by atoms with Crippen LogP contribution in [-0.4, -0.2) is 52.9 Å². The quantitative estimate of drug-likeness (QED) is 0.654. The highest BCUT2D eigenvalue weighted by Gasteiger charge is 2.30. The Morgan fingerprint density at radius 2 is 1.53 bits per heavy atom. The lowest BCUT2D eigenvalue weighted by Gasteiger charge is -2.34. The molecule has 3 heterocycles. The van der Waals surface area contributed by atoms with Crippen molar-refractivity contribution in [3.8, 4) is 11.3 Å². The van der Waals surface area contributed by atoms with Crippen LogP contribution in [0.2, 0.25) is 0 Å². The van der Waals surface area contributed by atoms with E-state index in [1.165, 1.54) is 5.39 Å². The second kappa shape index (κ2) is 8.99. The maximum atomic E-state index is 12.9. The topological polar surface area (TPSA) is 65.5 Å². The normalized spacial score (nSPS) is 17.0. The smallest absolute Gasteiger partial charge is 0.319 e. The van der Waals surface area contributed by atoms with Crippen LogP contribution in [0.3, 0.4) is 0 Å². The van der Waals surface area contributed by atoms with Gasteiger partial charge in [0, 0.05) is 37.7 Å². The van der Waals surface area contributed by atoms with Gasteiger partial charge in [-0.15, -0.1) is 0 Å². The monoisotopic (exact) mass is 428 g/mol. The van der Waals surface area contributed by atoms with E-state index >= 15 is 0 Å². The highest BCUT2D eigenvalue weighted by molar-refractivity contribution is 5.92. The average molecular weight is 429 g/mol. The van der Waals surface area contributed by atoms with Gasteiger partial charge in [-0.2, -0.15) is 0 Å². The number of urea groups is 1. The number of benzene rings is 2. The molecule has 3 amide bonds. The first-order valence-electron chi connectivity index (χ1n) is 11.5. The lowest BCUT2D eigenvalue weighted by molar-refractivity contribution is -0.121. The summed E-state index contributed by atoms with van der Waals surface area (Å²) in [6, 6.07) is 20.4. The molecule has 32 heavy (non-hydrogen) atoms. The Morgan fingerprint density at radius 1 is 0.812 bits per heavy atom. The second-order valence-electron chi connectivity index (χ2n) is 8.70. The fourth-order valence-corrected chi connectivity index (χ4v) is 4.68. The van der Waals surface area contributed by atoms with Crippen molar-refractivity contribution in [3.05, 3.63) is 60.7 Å². The highest BCUT2D eigenvalue weighted by atomic mass is 16.2. The number of hydrogen-bond donors (Lipinski definition) is 1. The number of nitrogens with zero attached hydrogens (tertiary/aromatic N) is 3. The molecule has 5 rings (SSSR count). The Hall–Kier alpha value is -3.41. The van der Waals surface area contributed by atoms with E-state index in [1.807, 2.05) is 40.1 Å². The van der Waals surface area contributed by atoms with Crippen molar-refractivity contribution < 1.29 is 9.59 Å². The van der Waals surface area contributed by atoms with Crippen LogP contribution < -0.4 is 5.32 Å². The Morgan fingerprint density at radius 3 is 2.31 bits per heavy atom. The molecule has 0 saturated carbocycles. The molecule has 3 aromatic rings. The van der Waals surface area contributed by atoms with Crippen LogP contribution in [-0.2, 0) is 4.79 Å². The van der Waals surface area contributed by atoms with E-state index in [-0.39, 0.29) is 17.9 Å². The summed E-state index contributed by atoms with van der Waals surface area (Å²) in [4.78, 5) is 33.9. The standard InChI is InChI=1S/C26H28N4O2/c31-25(20-12-16-30(17-13-20)26(32)29-14-3-4-15-29)28-24-9-5-8-23(27-24)22-11-10-19-6-1-2-7-21(19)18-22/h1-2,5-11,18,20H,3-4,12-17H2,(H,27,28,31). The number of pyridine rings is 1. The number of amides is 3. The summed E-state index contributed by atoms with van der Waals surface area (Å²) in [7, 11) is 0. The minimum Gasteiger partial charge on any atom is -0.325 e. The van der Waals surface area contributed by atoms with Crippen molar-refractivity contribution in [1.82, 2.24) is 14.8 Å². The maximum absolute atomic E-state index is 12.9. The van der Waals surface area contributed by atoms with Gasteiger partial charge < -0.3 is 15.1 Å². The molecular weight excluding hydrogens is 400 g/mol. The van der Waals surface area contributed by atoms with Crippen LogP contribution in [0.1, 0.15) is 25.7 Å². The van der Waals surface area contributed by atoms with Crippen LogP contribution in [0.4, 0.5) is 10.6 Å². The molecule has 2 aromatic carbocycles. The molecule has 2 fully saturated rings. The maximum Gasteiger partial charge on any atom is 0.319 e. The molecular formula is C26H28N4O2. The van der Waals surface area contributed by atoms with Gasteiger partial charge in [-0.25, -0.2) is 9.78 Å². The van der Waals surface area contributed by atoms with E-state index in [4.69, 9.17) is 0 Å². The molecule has 6 nitrogen and oxygen atoms in total. The molecule has 2 aliphatic rings. The summed E-state index contributed by atoms with van der Waals surface area (Å²) in [6.45, 7) is 2.99. The number of carbonyl (C=O) groups excluding carboxylic acids is 2. The molecule has 1 aromatic heterocycles. The lowest BCUT2D eigenvalue weighted by Crippen LogP contribution is -2.47. The number of likely N-dealkylation sites (tertiary alicyclic amines) is 2. The van der Waals surface area contributed by atoms with E-state index in [0.717, 1.165) is 42.6 Å². The van der Waals surface area contributed by atoms with Crippen molar-refractivity contribution in [2.45, 2.75) is 25.7 Å². The number of fused-ring (bicyclic) bond motifs is 1. The summed E-state index contributed by atoms with van der Waals surface area (Å²) < 4.78 is 0. The van der Waals surface area contributed by atoms with Gasteiger partial charge in [0.05, 0.1) is 5.69 Å². The number of rotatable bonds is 3. The van der Waals surface area contributed by atoms with E-state index in [9.17, 15) is 9.59 Å². The third-order valence-electron chi connectivity index (χ3n) is 6.56. The van der Waals surface area contributed by atoms with Crippen molar-refractivity contribution in [2.75, 3.05) is 31.5 Å². The molecule has 0 unspecified atom stereocenters. The predicted molar refractivity (Wildman–Crippen MR) is 126 cm³/mol. The zero-order chi connectivity index (χ0) is 21.9. The highest BCUT2D eigenvalue weighted by Crippen LogP contribution is 2.25. The fraction of sp³-hybridized carbons (Fsp3) is 0.346. The minimum atomic E-state index is -0.0937. The van der Waals surface area contributed by atoms with E-state index in [0.29, 0.717) is 31.7 Å². The molecule has 0 bridgehead atoms. The van der Waals surface area contributed by atoms with Crippen LogP contribution in [0.15, 0.2) is 60.7 Å². The van der Waals surface area contributed by atoms with Gasteiger partial charge >= 0.3 is 6.03 Å². The molecule has 0 spiro atoms. The number of hydrogen-bond acceptors (Lipinski definition) is 3. The first-order valence-corrected chi connectivity index (χ1v) is 11.5. The molecule has 0 aliphatic carbocycles. The largest absolute Gasteiger partial charge is 0.325 e. The van der Waals surface area contributed by atoms with Gasteiger partial charge in [0.2, 0.25) is 5.91 Å². The third-order valence-corrected chi connectivity index (χ3v) is 6.56. The molecule has 1 N–H and O–H groups in total. The van der Waals surface area contributed by atoms with Crippen molar-refractivity contribution in [3.63, 3.8) is 0 Å². The Balaban J connectivity index is 1.22. The number of anilines is 1. The second-order valence-corrected chi connectivity index (χ2v) is 8.70. The van der Waals surface area contributed by atoms with Gasteiger partial charge in [-0.1, -0.05) is 42.5 Å². The van der Waals surface area contributed by atoms with Crippen LogP contribution >= 0.6 is 0 Å². The average Bonchev–Trinajstić information content (AvgIpc) is 3.39. The Labute approximate surface area is 188 Å². The SMILES string of the molecule is O=C(Nc1cccc(-c2ccc3ccccc3c2)n1)C1CCN(C(=O)N2CCCC2)CC1.